The summed E-state index contributed by atoms with van der Waals surface area (Å²) in [6, 6.07) is 3.39. The fourth-order valence-electron chi connectivity index (χ4n) is 5.63. The zero-order valence-corrected chi connectivity index (χ0v) is 31.4. The Morgan fingerprint density at radius 1 is 0.980 bits per heavy atom. The van der Waals surface area contributed by atoms with E-state index in [1.165, 1.54) is 17.5 Å². The number of primary amides is 1. The third-order valence-corrected chi connectivity index (χ3v) is 8.93. The second kappa shape index (κ2) is 17.4. The monoisotopic (exact) mass is 723 g/mol. The van der Waals surface area contributed by atoms with Crippen LogP contribution in [0.3, 0.4) is 0 Å². The quantitative estimate of drug-likeness (QED) is 0.120. The number of fused-ring (bicyclic) bond motifs is 1. The molecule has 4 aromatic heterocycles. The predicted molar refractivity (Wildman–Crippen MR) is 193 cm³/mol. The van der Waals surface area contributed by atoms with Gasteiger partial charge in [-0.2, -0.15) is 15.2 Å². The van der Waals surface area contributed by atoms with Crippen LogP contribution >= 0.6 is 11.3 Å². The van der Waals surface area contributed by atoms with Gasteiger partial charge in [-0.3, -0.25) is 19.0 Å². The molecule has 0 aliphatic heterocycles. The van der Waals surface area contributed by atoms with Crippen molar-refractivity contribution >= 4 is 45.6 Å². The lowest BCUT2D eigenvalue weighted by Gasteiger charge is -2.19. The molecule has 4 aromatic rings. The van der Waals surface area contributed by atoms with E-state index in [9.17, 15) is 19.2 Å². The Kier molecular flexibility index (Phi) is 13.3. The molecule has 0 radical (unpaired) electrons. The van der Waals surface area contributed by atoms with Gasteiger partial charge in [0.05, 0.1) is 28.3 Å². The molecule has 3 N–H and O–H groups in total. The van der Waals surface area contributed by atoms with Crippen molar-refractivity contribution in [2.24, 2.45) is 10.7 Å². The lowest BCUT2D eigenvalue weighted by molar-refractivity contribution is 0.0506. The van der Waals surface area contributed by atoms with E-state index in [4.69, 9.17) is 15.2 Å². The molecule has 0 bridgehead atoms. The zero-order valence-electron chi connectivity index (χ0n) is 30.6. The van der Waals surface area contributed by atoms with Crippen LogP contribution in [0.2, 0.25) is 0 Å². The highest BCUT2D eigenvalue weighted by atomic mass is 32.1. The molecule has 276 valence electrons. The number of thiazole rings is 1. The summed E-state index contributed by atoms with van der Waals surface area (Å²) >= 11 is 1.25. The first-order valence-electron chi connectivity index (χ1n) is 17.3. The van der Waals surface area contributed by atoms with E-state index in [0.29, 0.717) is 78.6 Å². The number of esters is 1. The standard InChI is InChI=1S/C35H49N9O6S/c1-8-43-28(25(23(4)41-43)15-11-10-13-18-44-26(19-22(3)40-44)32(47)49-9-2)31(46)39-33-42(17-14-12-16-37-34(48)50-35(5,6)7)30-27(51-33)20-24(21-38-30)29(36)45/h19-21H,8-18H2,1-7H3,(H2,36,45)(H,37,48). The molecule has 0 aromatic carbocycles. The summed E-state index contributed by atoms with van der Waals surface area (Å²) in [5.41, 5.74) is 9.04. The normalized spacial score (nSPS) is 12.0. The molecule has 0 atom stereocenters. The van der Waals surface area contributed by atoms with Crippen molar-refractivity contribution in [3.05, 3.63) is 57.0 Å². The minimum Gasteiger partial charge on any atom is -0.461 e. The lowest BCUT2D eigenvalue weighted by atomic mass is 10.0. The van der Waals surface area contributed by atoms with E-state index in [-0.39, 0.29) is 11.5 Å². The SMILES string of the molecule is CCOC(=O)c1cc(C)nn1CCCCCc1c(C)nn(CC)c1C(=O)N=c1sc2cc(C(N)=O)cnc2n1CCCCNC(=O)OC(C)(C)C. The van der Waals surface area contributed by atoms with Crippen LogP contribution in [-0.2, 0) is 35.5 Å². The Balaban J connectivity index is 1.51. The molecule has 3 amide bonds. The fourth-order valence-corrected chi connectivity index (χ4v) is 6.68. The van der Waals surface area contributed by atoms with Gasteiger partial charge in [0.1, 0.15) is 17.0 Å². The molecule has 0 saturated carbocycles. The van der Waals surface area contributed by atoms with Crippen LogP contribution in [-0.4, -0.2) is 71.7 Å². The highest BCUT2D eigenvalue weighted by molar-refractivity contribution is 7.16. The number of aromatic nitrogens is 6. The summed E-state index contributed by atoms with van der Waals surface area (Å²) < 4.78 is 16.4. The number of carbonyl (C=O) groups is 4. The maximum absolute atomic E-state index is 14.0. The summed E-state index contributed by atoms with van der Waals surface area (Å²) in [4.78, 5) is 59.8. The summed E-state index contributed by atoms with van der Waals surface area (Å²) in [5.74, 6) is -1.40. The van der Waals surface area contributed by atoms with E-state index < -0.39 is 23.5 Å². The van der Waals surface area contributed by atoms with Gasteiger partial charge in [0.15, 0.2) is 10.4 Å². The fraction of sp³-hybridized carbons (Fsp3) is 0.543. The van der Waals surface area contributed by atoms with Gasteiger partial charge in [0.25, 0.3) is 5.91 Å². The van der Waals surface area contributed by atoms with E-state index in [0.717, 1.165) is 36.2 Å². The number of nitrogens with one attached hydrogen (secondary N) is 1. The van der Waals surface area contributed by atoms with Crippen LogP contribution in [0.1, 0.15) is 115 Å². The van der Waals surface area contributed by atoms with Gasteiger partial charge in [-0.1, -0.05) is 17.8 Å². The second-order valence-corrected chi connectivity index (χ2v) is 14.2. The van der Waals surface area contributed by atoms with Crippen molar-refractivity contribution in [2.75, 3.05) is 13.2 Å². The predicted octanol–water partition coefficient (Wildman–Crippen LogP) is 4.86. The maximum Gasteiger partial charge on any atom is 0.407 e. The third kappa shape index (κ3) is 10.3. The number of aryl methyl sites for hydroxylation is 5. The first-order chi connectivity index (χ1) is 24.2. The highest BCUT2D eigenvalue weighted by Crippen LogP contribution is 2.21. The molecule has 0 saturated heterocycles. The van der Waals surface area contributed by atoms with E-state index in [2.05, 4.69) is 25.5 Å². The van der Waals surface area contributed by atoms with Gasteiger partial charge in [0, 0.05) is 37.9 Å². The number of nitrogens with two attached hydrogens (primary N) is 1. The minimum atomic E-state index is -0.599. The average molecular weight is 724 g/mol. The number of pyridine rings is 1. The molecule has 4 rings (SSSR count). The molecule has 0 unspecified atom stereocenters. The largest absolute Gasteiger partial charge is 0.461 e. The Hall–Kier alpha value is -4.86. The first-order valence-corrected chi connectivity index (χ1v) is 18.2. The zero-order chi connectivity index (χ0) is 37.3. The molecule has 16 heteroatoms. The summed E-state index contributed by atoms with van der Waals surface area (Å²) in [5, 5.41) is 11.9. The minimum absolute atomic E-state index is 0.261. The molecule has 0 spiro atoms. The molecule has 4 heterocycles. The van der Waals surface area contributed by atoms with Crippen LogP contribution in [0, 0.1) is 13.8 Å². The number of alkyl carbamates (subject to hydrolysis) is 1. The molecular formula is C35H49N9O6S. The van der Waals surface area contributed by atoms with Crippen molar-refractivity contribution in [3.8, 4) is 0 Å². The van der Waals surface area contributed by atoms with E-state index in [1.807, 2.05) is 25.3 Å². The number of unbranched alkanes of at least 4 members (excludes halogenated alkanes) is 3. The Morgan fingerprint density at radius 3 is 2.41 bits per heavy atom. The van der Waals surface area contributed by atoms with Gasteiger partial charge < -0.3 is 25.1 Å². The van der Waals surface area contributed by atoms with Crippen molar-refractivity contribution in [2.45, 2.75) is 112 Å². The number of hydrogen-bond acceptors (Lipinski definition) is 10. The van der Waals surface area contributed by atoms with Crippen molar-refractivity contribution in [3.63, 3.8) is 0 Å². The van der Waals surface area contributed by atoms with Crippen LogP contribution in [0.4, 0.5) is 4.79 Å². The van der Waals surface area contributed by atoms with Gasteiger partial charge in [-0.15, -0.1) is 0 Å². The van der Waals surface area contributed by atoms with Crippen LogP contribution in [0.15, 0.2) is 23.3 Å². The van der Waals surface area contributed by atoms with E-state index >= 15 is 0 Å². The summed E-state index contributed by atoms with van der Waals surface area (Å²) in [6.07, 6.45) is 5.30. The van der Waals surface area contributed by atoms with Gasteiger partial charge in [0.2, 0.25) is 5.91 Å². The average Bonchev–Trinajstić information content (AvgIpc) is 3.71. The van der Waals surface area contributed by atoms with Gasteiger partial charge >= 0.3 is 12.1 Å². The molecule has 0 fully saturated rings. The Morgan fingerprint density at radius 2 is 1.73 bits per heavy atom. The lowest BCUT2D eigenvalue weighted by Crippen LogP contribution is -2.33. The summed E-state index contributed by atoms with van der Waals surface area (Å²) in [6.45, 7) is 15.1. The Labute approximate surface area is 301 Å². The second-order valence-electron chi connectivity index (χ2n) is 13.2. The maximum atomic E-state index is 14.0. The summed E-state index contributed by atoms with van der Waals surface area (Å²) in [7, 11) is 0. The number of ether oxygens (including phenoxy) is 2. The number of rotatable bonds is 16. The number of nitrogens with zero attached hydrogens (tertiary/aromatic N) is 7. The smallest absolute Gasteiger partial charge is 0.407 e. The number of carbonyl (C=O) groups excluding carboxylic acids is 4. The molecule has 51 heavy (non-hydrogen) atoms. The van der Waals surface area contributed by atoms with Gasteiger partial charge in [-0.25, -0.2) is 14.6 Å². The van der Waals surface area contributed by atoms with Crippen molar-refractivity contribution in [1.82, 2.24) is 34.4 Å². The molecule has 0 aliphatic carbocycles. The Bertz CT molecular complexity index is 1950. The first kappa shape index (κ1) is 38.9. The molecule has 0 aliphatic rings. The third-order valence-electron chi connectivity index (χ3n) is 7.92. The van der Waals surface area contributed by atoms with Crippen LogP contribution in [0.5, 0.6) is 0 Å². The highest BCUT2D eigenvalue weighted by Gasteiger charge is 2.22. The van der Waals surface area contributed by atoms with Gasteiger partial charge in [-0.05, 0) is 92.7 Å². The van der Waals surface area contributed by atoms with Crippen molar-refractivity contribution < 1.29 is 28.7 Å². The molecule has 15 nitrogen and oxygen atoms in total. The van der Waals surface area contributed by atoms with Crippen LogP contribution < -0.4 is 15.9 Å². The van der Waals surface area contributed by atoms with E-state index in [1.54, 1.807) is 49.2 Å². The topological polar surface area (TPSA) is 191 Å². The number of amides is 3. The van der Waals surface area contributed by atoms with Crippen molar-refractivity contribution in [1.29, 1.82) is 0 Å². The number of hydrogen-bond donors (Lipinski definition) is 2. The van der Waals surface area contributed by atoms with Crippen LogP contribution in [0.25, 0.3) is 10.3 Å². The molecular weight excluding hydrogens is 675 g/mol.